The molecule has 0 atom stereocenters. The van der Waals surface area contributed by atoms with Gasteiger partial charge in [-0.25, -0.2) is 13.1 Å². The summed E-state index contributed by atoms with van der Waals surface area (Å²) in [4.78, 5) is 0.231. The molecule has 0 aliphatic rings. The Hall–Kier alpha value is -0.590. The van der Waals surface area contributed by atoms with Crippen LogP contribution in [0.5, 0.6) is 0 Å². The van der Waals surface area contributed by atoms with Gasteiger partial charge < -0.3 is 5.73 Å². The molecule has 4 nitrogen and oxygen atoms in total. The number of nitrogens with one attached hydrogen (secondary N) is 1. The van der Waals surface area contributed by atoms with Gasteiger partial charge in [-0.3, -0.25) is 0 Å². The summed E-state index contributed by atoms with van der Waals surface area (Å²) < 4.78 is 27.3. The lowest BCUT2D eigenvalue weighted by Crippen LogP contribution is -2.29. The molecule has 0 aliphatic heterocycles. The second-order valence-corrected chi connectivity index (χ2v) is 6.84. The van der Waals surface area contributed by atoms with E-state index in [4.69, 9.17) is 5.73 Å². The van der Waals surface area contributed by atoms with Gasteiger partial charge in [-0.05, 0) is 40.0 Å². The molecule has 0 radical (unpaired) electrons. The minimum atomic E-state index is -3.45. The highest BCUT2D eigenvalue weighted by atomic mass is 79.9. The van der Waals surface area contributed by atoms with Crippen LogP contribution in [0.1, 0.15) is 26.7 Å². The van der Waals surface area contributed by atoms with Gasteiger partial charge in [0.2, 0.25) is 10.0 Å². The minimum Gasteiger partial charge on any atom is -0.398 e. The molecular weight excluding hydrogens is 316 g/mol. The number of anilines is 1. The van der Waals surface area contributed by atoms with Gasteiger partial charge in [-0.15, -0.1) is 0 Å². The summed E-state index contributed by atoms with van der Waals surface area (Å²) in [5.41, 5.74) is 6.16. The number of sulfonamides is 1. The van der Waals surface area contributed by atoms with Crippen molar-refractivity contribution < 1.29 is 8.42 Å². The number of hydrogen-bond donors (Lipinski definition) is 2. The molecule has 0 fully saturated rings. The van der Waals surface area contributed by atoms with Gasteiger partial charge in [0.15, 0.2) is 0 Å². The normalized spacial score (nSPS) is 12.0. The Labute approximate surface area is 117 Å². The van der Waals surface area contributed by atoms with Gasteiger partial charge in [-0.1, -0.05) is 26.7 Å². The van der Waals surface area contributed by atoms with Crippen molar-refractivity contribution in [3.05, 3.63) is 22.7 Å². The first-order valence-electron chi connectivity index (χ1n) is 5.95. The Balaban J connectivity index is 2.83. The molecule has 0 spiro atoms. The molecular formula is C12H19BrN2O2S. The van der Waals surface area contributed by atoms with E-state index >= 15 is 0 Å². The van der Waals surface area contributed by atoms with Crippen LogP contribution in [0.25, 0.3) is 0 Å². The lowest BCUT2D eigenvalue weighted by atomic mass is 10.0. The van der Waals surface area contributed by atoms with E-state index in [1.807, 2.05) is 0 Å². The molecule has 102 valence electrons. The van der Waals surface area contributed by atoms with Gasteiger partial charge >= 0.3 is 0 Å². The summed E-state index contributed by atoms with van der Waals surface area (Å²) in [6.45, 7) is 4.59. The van der Waals surface area contributed by atoms with Crippen molar-refractivity contribution in [1.82, 2.24) is 4.72 Å². The quantitative estimate of drug-likeness (QED) is 0.785. The fourth-order valence-corrected chi connectivity index (χ4v) is 3.24. The highest BCUT2D eigenvalue weighted by Crippen LogP contribution is 2.23. The van der Waals surface area contributed by atoms with E-state index in [-0.39, 0.29) is 4.90 Å². The topological polar surface area (TPSA) is 72.2 Å². The number of nitrogen functional groups attached to an aromatic ring is 1. The molecule has 18 heavy (non-hydrogen) atoms. The Morgan fingerprint density at radius 3 is 2.44 bits per heavy atom. The summed E-state index contributed by atoms with van der Waals surface area (Å²) in [5, 5.41) is 0. The molecule has 0 bridgehead atoms. The van der Waals surface area contributed by atoms with Gasteiger partial charge in [-0.2, -0.15) is 0 Å². The van der Waals surface area contributed by atoms with Gasteiger partial charge in [0, 0.05) is 16.7 Å². The van der Waals surface area contributed by atoms with Crippen LogP contribution in [-0.2, 0) is 10.0 Å². The molecule has 0 saturated carbocycles. The van der Waals surface area contributed by atoms with Crippen LogP contribution in [0.3, 0.4) is 0 Å². The maximum atomic E-state index is 12.1. The first-order chi connectivity index (χ1) is 8.40. The molecule has 1 aromatic rings. The molecule has 1 rings (SSSR count). The van der Waals surface area contributed by atoms with E-state index in [1.54, 1.807) is 6.07 Å². The molecule has 0 heterocycles. The second-order valence-electron chi connectivity index (χ2n) is 4.22. The zero-order chi connectivity index (χ0) is 13.8. The number of rotatable bonds is 6. The first kappa shape index (κ1) is 15.5. The molecule has 0 unspecified atom stereocenters. The lowest BCUT2D eigenvalue weighted by molar-refractivity contribution is 0.479. The van der Waals surface area contributed by atoms with Crippen LogP contribution in [-0.4, -0.2) is 15.0 Å². The molecule has 3 N–H and O–H groups in total. The van der Waals surface area contributed by atoms with E-state index in [0.717, 1.165) is 12.8 Å². The SMILES string of the molecule is CCC(CC)CNS(=O)(=O)c1ccc(N)c(Br)c1. The summed E-state index contributed by atoms with van der Waals surface area (Å²) in [6.07, 6.45) is 1.93. The van der Waals surface area contributed by atoms with Crippen LogP contribution >= 0.6 is 15.9 Å². The van der Waals surface area contributed by atoms with Crippen molar-refractivity contribution in [2.75, 3.05) is 12.3 Å². The summed E-state index contributed by atoms with van der Waals surface area (Å²) >= 11 is 3.23. The Morgan fingerprint density at radius 1 is 1.33 bits per heavy atom. The second kappa shape index (κ2) is 6.54. The van der Waals surface area contributed by atoms with E-state index in [2.05, 4.69) is 34.5 Å². The Bertz CT molecular complexity index is 499. The average molecular weight is 335 g/mol. The number of halogens is 1. The molecule has 6 heteroatoms. The van der Waals surface area contributed by atoms with Crippen LogP contribution in [0.2, 0.25) is 0 Å². The Kier molecular flexibility index (Phi) is 5.62. The summed E-state index contributed by atoms with van der Waals surface area (Å²) in [7, 11) is -3.45. The number of benzene rings is 1. The zero-order valence-electron chi connectivity index (χ0n) is 10.6. The molecule has 0 saturated heterocycles. The third-order valence-electron chi connectivity index (χ3n) is 3.00. The van der Waals surface area contributed by atoms with E-state index in [1.165, 1.54) is 12.1 Å². The number of hydrogen-bond acceptors (Lipinski definition) is 3. The van der Waals surface area contributed by atoms with E-state index in [9.17, 15) is 8.42 Å². The lowest BCUT2D eigenvalue weighted by Gasteiger charge is -2.14. The van der Waals surface area contributed by atoms with Crippen LogP contribution in [0.4, 0.5) is 5.69 Å². The number of nitrogens with two attached hydrogens (primary N) is 1. The van der Waals surface area contributed by atoms with Crippen molar-refractivity contribution >= 4 is 31.6 Å². The molecule has 1 aromatic carbocycles. The Morgan fingerprint density at radius 2 is 1.94 bits per heavy atom. The third-order valence-corrected chi connectivity index (χ3v) is 5.11. The van der Waals surface area contributed by atoms with Crippen LogP contribution < -0.4 is 10.5 Å². The van der Waals surface area contributed by atoms with Crippen LogP contribution in [0.15, 0.2) is 27.6 Å². The zero-order valence-corrected chi connectivity index (χ0v) is 13.0. The van der Waals surface area contributed by atoms with E-state index < -0.39 is 10.0 Å². The maximum absolute atomic E-state index is 12.1. The van der Waals surface area contributed by atoms with Crippen molar-refractivity contribution in [2.45, 2.75) is 31.6 Å². The minimum absolute atomic E-state index is 0.231. The standard InChI is InChI=1S/C12H19BrN2O2S/c1-3-9(4-2)8-15-18(16,17)10-5-6-12(14)11(13)7-10/h5-7,9,15H,3-4,8,14H2,1-2H3. The fourth-order valence-electron chi connectivity index (χ4n) is 1.56. The van der Waals surface area contributed by atoms with Crippen LogP contribution in [0, 0.1) is 5.92 Å². The highest BCUT2D eigenvalue weighted by Gasteiger charge is 2.16. The van der Waals surface area contributed by atoms with Gasteiger partial charge in [0.1, 0.15) is 0 Å². The highest BCUT2D eigenvalue weighted by molar-refractivity contribution is 9.10. The van der Waals surface area contributed by atoms with E-state index in [0.29, 0.717) is 22.6 Å². The maximum Gasteiger partial charge on any atom is 0.240 e. The third kappa shape index (κ3) is 3.96. The average Bonchev–Trinajstić information content (AvgIpc) is 2.33. The fraction of sp³-hybridized carbons (Fsp3) is 0.500. The van der Waals surface area contributed by atoms with Crippen molar-refractivity contribution in [3.8, 4) is 0 Å². The summed E-state index contributed by atoms with van der Waals surface area (Å²) in [6, 6.07) is 4.61. The van der Waals surface area contributed by atoms with Crippen molar-refractivity contribution in [1.29, 1.82) is 0 Å². The van der Waals surface area contributed by atoms with Gasteiger partial charge in [0.05, 0.1) is 4.90 Å². The predicted molar refractivity (Wildman–Crippen MR) is 77.8 cm³/mol. The summed E-state index contributed by atoms with van der Waals surface area (Å²) in [5.74, 6) is 0.372. The van der Waals surface area contributed by atoms with Crippen molar-refractivity contribution in [3.63, 3.8) is 0 Å². The smallest absolute Gasteiger partial charge is 0.240 e. The monoisotopic (exact) mass is 334 g/mol. The first-order valence-corrected chi connectivity index (χ1v) is 8.23. The molecule has 0 aromatic heterocycles. The molecule has 0 amide bonds. The van der Waals surface area contributed by atoms with Gasteiger partial charge in [0.25, 0.3) is 0 Å². The largest absolute Gasteiger partial charge is 0.398 e. The molecule has 0 aliphatic carbocycles. The predicted octanol–water partition coefficient (Wildman–Crippen LogP) is 2.75. The van der Waals surface area contributed by atoms with Crippen molar-refractivity contribution in [2.24, 2.45) is 5.92 Å².